The Labute approximate surface area is 310 Å². The highest BCUT2D eigenvalue weighted by molar-refractivity contribution is 14.0. The SMILES string of the molecule is CCOCOCc1cc(Oc2ccc(Cl)cc2)ccc1B1OC(C)(C)C(C)(C)O1.I.OB1OCc2cc(Oc3ccc(Cl)cc3)ccc21. The summed E-state index contributed by atoms with van der Waals surface area (Å²) in [5.41, 5.74) is 2.77. The van der Waals surface area contributed by atoms with E-state index in [2.05, 4.69) is 0 Å². The van der Waals surface area contributed by atoms with E-state index in [1.54, 1.807) is 36.4 Å². The van der Waals surface area contributed by atoms with Crippen molar-refractivity contribution in [2.75, 3.05) is 13.4 Å². The van der Waals surface area contributed by atoms with Crippen molar-refractivity contribution in [1.82, 2.24) is 0 Å². The highest BCUT2D eigenvalue weighted by Crippen LogP contribution is 2.37. The van der Waals surface area contributed by atoms with Crippen LogP contribution in [-0.4, -0.2) is 43.9 Å². The molecule has 0 unspecified atom stereocenters. The standard InChI is InChI=1S/C22H28BClO5.C13H10BClO3.HI/c1-6-25-15-26-14-16-13-19(27-18-9-7-17(24)8-10-18)11-12-20(16)23-28-21(2,3)22(4,5)29-23;15-10-1-3-11(4-2-10)18-12-5-6-13-9(7-12)8-17-14(13)16;/h7-13H,6,14-15H2,1-5H3;1-7,16H,8H2;1H. The fourth-order valence-electron chi connectivity index (χ4n) is 4.81. The van der Waals surface area contributed by atoms with Crippen LogP contribution < -0.4 is 20.4 Å². The maximum atomic E-state index is 9.51. The normalized spacial score (nSPS) is 15.7. The van der Waals surface area contributed by atoms with Gasteiger partial charge in [-0.25, -0.2) is 0 Å². The molecule has 1 fully saturated rings. The highest BCUT2D eigenvalue weighted by atomic mass is 127. The lowest BCUT2D eigenvalue weighted by atomic mass is 9.76. The lowest BCUT2D eigenvalue weighted by molar-refractivity contribution is -0.0570. The summed E-state index contributed by atoms with van der Waals surface area (Å²) in [4.78, 5) is 0. The van der Waals surface area contributed by atoms with Crippen LogP contribution in [-0.2, 0) is 36.7 Å². The number of hydrogen-bond donors (Lipinski definition) is 1. The van der Waals surface area contributed by atoms with Crippen molar-refractivity contribution in [1.29, 1.82) is 0 Å². The Bertz CT molecular complexity index is 1630. The van der Waals surface area contributed by atoms with Gasteiger partial charge in [-0.15, -0.1) is 24.0 Å². The lowest BCUT2D eigenvalue weighted by Crippen LogP contribution is -2.41. The minimum Gasteiger partial charge on any atom is -0.457 e. The molecule has 13 heteroatoms. The number of fused-ring (bicyclic) bond motifs is 1. The van der Waals surface area contributed by atoms with Gasteiger partial charge in [0, 0.05) is 16.7 Å². The smallest absolute Gasteiger partial charge is 0.457 e. The van der Waals surface area contributed by atoms with Crippen LogP contribution in [0.3, 0.4) is 0 Å². The Hall–Kier alpha value is -2.32. The van der Waals surface area contributed by atoms with Gasteiger partial charge in [0.05, 0.1) is 24.4 Å². The Kier molecular flexibility index (Phi) is 13.7. The number of benzene rings is 4. The Morgan fingerprint density at radius 3 is 1.75 bits per heavy atom. The molecule has 0 spiro atoms. The quantitative estimate of drug-likeness (QED) is 0.0750. The largest absolute Gasteiger partial charge is 0.495 e. The Morgan fingerprint density at radius 1 is 0.708 bits per heavy atom. The van der Waals surface area contributed by atoms with E-state index in [0.29, 0.717) is 47.1 Å². The van der Waals surface area contributed by atoms with Crippen molar-refractivity contribution in [2.45, 2.75) is 59.0 Å². The zero-order valence-corrected chi connectivity index (χ0v) is 31.4. The summed E-state index contributed by atoms with van der Waals surface area (Å²) in [6, 6.07) is 25.7. The second-order valence-corrected chi connectivity index (χ2v) is 12.9. The first-order chi connectivity index (χ1) is 22.4. The fraction of sp³-hybridized carbons (Fsp3) is 0.314. The molecule has 0 radical (unpaired) electrons. The van der Waals surface area contributed by atoms with Crippen LogP contribution in [0.1, 0.15) is 45.7 Å². The van der Waals surface area contributed by atoms with Crippen LogP contribution in [0.5, 0.6) is 23.0 Å². The van der Waals surface area contributed by atoms with Crippen LogP contribution in [0.15, 0.2) is 84.9 Å². The molecule has 1 N–H and O–H groups in total. The molecule has 0 saturated carbocycles. The second-order valence-electron chi connectivity index (χ2n) is 12.0. The molecule has 1 saturated heterocycles. The first-order valence-electron chi connectivity index (χ1n) is 15.4. The number of ether oxygens (including phenoxy) is 4. The lowest BCUT2D eigenvalue weighted by Gasteiger charge is -2.32. The van der Waals surface area contributed by atoms with Crippen molar-refractivity contribution in [2.24, 2.45) is 0 Å². The molecule has 2 heterocycles. The average molecular weight is 807 g/mol. The fourth-order valence-corrected chi connectivity index (χ4v) is 5.06. The molecular formula is C35H39B2Cl2IO8. The van der Waals surface area contributed by atoms with Gasteiger partial charge in [-0.3, -0.25) is 0 Å². The van der Waals surface area contributed by atoms with Gasteiger partial charge < -0.3 is 37.9 Å². The van der Waals surface area contributed by atoms with E-state index in [1.807, 2.05) is 83.1 Å². The molecule has 2 aliphatic rings. The van der Waals surface area contributed by atoms with E-state index in [9.17, 15) is 5.02 Å². The summed E-state index contributed by atoms with van der Waals surface area (Å²) < 4.78 is 40.2. The van der Waals surface area contributed by atoms with Crippen LogP contribution in [0.25, 0.3) is 0 Å². The van der Waals surface area contributed by atoms with Gasteiger partial charge in [0.25, 0.3) is 0 Å². The topological polar surface area (TPSA) is 84.8 Å². The van der Waals surface area contributed by atoms with Gasteiger partial charge in [-0.05, 0) is 129 Å². The van der Waals surface area contributed by atoms with Crippen molar-refractivity contribution in [3.05, 3.63) is 106 Å². The van der Waals surface area contributed by atoms with Crippen LogP contribution in [0.4, 0.5) is 0 Å². The van der Waals surface area contributed by atoms with Crippen LogP contribution in [0.2, 0.25) is 10.0 Å². The summed E-state index contributed by atoms with van der Waals surface area (Å²) in [5, 5.41) is 10.9. The van der Waals surface area contributed by atoms with Crippen molar-refractivity contribution in [3.63, 3.8) is 0 Å². The molecule has 0 amide bonds. The molecule has 0 bridgehead atoms. The summed E-state index contributed by atoms with van der Waals surface area (Å²) >= 11 is 11.8. The molecule has 254 valence electrons. The van der Waals surface area contributed by atoms with E-state index < -0.39 is 25.4 Å². The first kappa shape index (κ1) is 38.5. The molecule has 0 atom stereocenters. The van der Waals surface area contributed by atoms with Crippen molar-refractivity contribution >= 4 is 72.3 Å². The summed E-state index contributed by atoms with van der Waals surface area (Å²) in [7, 11) is -1.29. The molecule has 48 heavy (non-hydrogen) atoms. The monoisotopic (exact) mass is 806 g/mol. The molecule has 2 aliphatic heterocycles. The van der Waals surface area contributed by atoms with Gasteiger partial charge >= 0.3 is 14.2 Å². The average Bonchev–Trinajstić information content (AvgIpc) is 3.51. The number of rotatable bonds is 10. The number of halogens is 3. The third-order valence-corrected chi connectivity index (χ3v) is 8.63. The summed E-state index contributed by atoms with van der Waals surface area (Å²) in [6.07, 6.45) is 0. The molecule has 6 rings (SSSR count). The minimum atomic E-state index is -0.815. The van der Waals surface area contributed by atoms with Gasteiger partial charge in [-0.1, -0.05) is 35.3 Å². The third kappa shape index (κ3) is 9.89. The van der Waals surface area contributed by atoms with E-state index in [4.69, 9.17) is 56.1 Å². The summed E-state index contributed by atoms with van der Waals surface area (Å²) in [5.74, 6) is 2.84. The van der Waals surface area contributed by atoms with Gasteiger partial charge in [0.15, 0.2) is 0 Å². The Morgan fingerprint density at radius 2 is 1.21 bits per heavy atom. The van der Waals surface area contributed by atoms with E-state index in [1.165, 1.54) is 0 Å². The molecule has 0 aliphatic carbocycles. The maximum absolute atomic E-state index is 9.51. The third-order valence-electron chi connectivity index (χ3n) is 8.13. The van der Waals surface area contributed by atoms with E-state index >= 15 is 0 Å². The van der Waals surface area contributed by atoms with Gasteiger partial charge in [0.2, 0.25) is 0 Å². The highest BCUT2D eigenvalue weighted by Gasteiger charge is 2.52. The first-order valence-corrected chi connectivity index (χ1v) is 16.1. The predicted octanol–water partition coefficient (Wildman–Crippen LogP) is 7.91. The minimum absolute atomic E-state index is 0. The molecule has 4 aromatic rings. The van der Waals surface area contributed by atoms with Crippen LogP contribution in [0, 0.1) is 0 Å². The van der Waals surface area contributed by atoms with Gasteiger partial charge in [-0.2, -0.15) is 0 Å². The Balaban J connectivity index is 0.000000234. The van der Waals surface area contributed by atoms with Crippen LogP contribution >= 0.6 is 47.2 Å². The molecule has 8 nitrogen and oxygen atoms in total. The predicted molar refractivity (Wildman–Crippen MR) is 201 cm³/mol. The van der Waals surface area contributed by atoms with Crippen molar-refractivity contribution < 1.29 is 37.9 Å². The summed E-state index contributed by atoms with van der Waals surface area (Å²) in [6.45, 7) is 11.7. The zero-order chi connectivity index (χ0) is 33.6. The molecular weight excluding hydrogens is 768 g/mol. The van der Waals surface area contributed by atoms with Gasteiger partial charge in [0.1, 0.15) is 29.8 Å². The zero-order valence-electron chi connectivity index (χ0n) is 27.5. The molecule has 4 aromatic carbocycles. The number of hydrogen-bond acceptors (Lipinski definition) is 8. The maximum Gasteiger partial charge on any atom is 0.495 e. The molecule has 0 aromatic heterocycles. The van der Waals surface area contributed by atoms with E-state index in [-0.39, 0.29) is 30.8 Å². The second kappa shape index (κ2) is 17.1. The van der Waals surface area contributed by atoms with Crippen molar-refractivity contribution in [3.8, 4) is 23.0 Å². The van der Waals surface area contributed by atoms with E-state index in [0.717, 1.165) is 27.8 Å².